The summed E-state index contributed by atoms with van der Waals surface area (Å²) in [4.78, 5) is 0. The van der Waals surface area contributed by atoms with Crippen LogP contribution in [0.25, 0.3) is 0 Å². The van der Waals surface area contributed by atoms with Crippen molar-refractivity contribution >= 4 is 0 Å². The number of hydrogen-bond donors (Lipinski definition) is 1. The molecular weight excluding hydrogens is 262 g/mol. The summed E-state index contributed by atoms with van der Waals surface area (Å²) in [5.41, 5.74) is 0.964. The SMILES string of the molecule is CC1(C)C(NCCCOCc2ccco2)[C@]2(C)CC[C@H]1C2. The van der Waals surface area contributed by atoms with Crippen LogP contribution in [0, 0.1) is 16.7 Å². The van der Waals surface area contributed by atoms with Gasteiger partial charge in [0.05, 0.1) is 6.26 Å². The molecule has 0 aromatic carbocycles. The van der Waals surface area contributed by atoms with Crippen LogP contribution >= 0.6 is 0 Å². The molecule has 118 valence electrons. The van der Waals surface area contributed by atoms with Gasteiger partial charge in [0.1, 0.15) is 12.4 Å². The van der Waals surface area contributed by atoms with Crippen molar-refractivity contribution in [2.75, 3.05) is 13.2 Å². The minimum Gasteiger partial charge on any atom is -0.467 e. The van der Waals surface area contributed by atoms with Crippen molar-refractivity contribution in [1.29, 1.82) is 0 Å². The minimum atomic E-state index is 0.446. The quantitative estimate of drug-likeness (QED) is 0.771. The summed E-state index contributed by atoms with van der Waals surface area (Å²) in [5, 5.41) is 3.83. The van der Waals surface area contributed by atoms with Gasteiger partial charge in [0, 0.05) is 12.6 Å². The van der Waals surface area contributed by atoms with Gasteiger partial charge in [-0.15, -0.1) is 0 Å². The predicted octanol–water partition coefficient (Wildman–Crippen LogP) is 3.99. The van der Waals surface area contributed by atoms with Gasteiger partial charge >= 0.3 is 0 Å². The van der Waals surface area contributed by atoms with E-state index in [0.717, 1.165) is 31.3 Å². The molecular formula is C18H29NO2. The van der Waals surface area contributed by atoms with Crippen molar-refractivity contribution in [3.05, 3.63) is 24.2 Å². The summed E-state index contributed by atoms with van der Waals surface area (Å²) < 4.78 is 10.9. The zero-order valence-electron chi connectivity index (χ0n) is 13.7. The lowest BCUT2D eigenvalue weighted by atomic mass is 9.68. The molecule has 1 heterocycles. The third-order valence-electron chi connectivity index (χ3n) is 5.91. The van der Waals surface area contributed by atoms with Gasteiger partial charge in [-0.05, 0) is 61.1 Å². The van der Waals surface area contributed by atoms with E-state index in [1.165, 1.54) is 19.3 Å². The Hall–Kier alpha value is -0.800. The number of hydrogen-bond acceptors (Lipinski definition) is 3. The van der Waals surface area contributed by atoms with Crippen LogP contribution in [0.4, 0.5) is 0 Å². The highest BCUT2D eigenvalue weighted by atomic mass is 16.5. The van der Waals surface area contributed by atoms with E-state index in [-0.39, 0.29) is 0 Å². The summed E-state index contributed by atoms with van der Waals surface area (Å²) in [5.74, 6) is 1.82. The molecule has 0 spiro atoms. The Morgan fingerprint density at radius 2 is 2.24 bits per heavy atom. The maximum absolute atomic E-state index is 5.65. The van der Waals surface area contributed by atoms with Crippen molar-refractivity contribution in [2.45, 2.75) is 59.1 Å². The standard InChI is InChI=1S/C18H29NO2/c1-17(2)14-7-8-18(3,12-14)16(17)19-9-5-10-20-13-15-6-4-11-21-15/h4,6,11,14,16,19H,5,7-10,12-13H2,1-3H3/t14-,16?,18+/m0/s1. The smallest absolute Gasteiger partial charge is 0.129 e. The Balaban J connectivity index is 1.37. The van der Waals surface area contributed by atoms with Gasteiger partial charge in [-0.25, -0.2) is 0 Å². The van der Waals surface area contributed by atoms with Gasteiger partial charge in [0.2, 0.25) is 0 Å². The predicted molar refractivity (Wildman–Crippen MR) is 84.0 cm³/mol. The van der Waals surface area contributed by atoms with E-state index >= 15 is 0 Å². The molecule has 0 aliphatic heterocycles. The molecule has 3 nitrogen and oxygen atoms in total. The lowest BCUT2D eigenvalue weighted by molar-refractivity contribution is 0.0891. The van der Waals surface area contributed by atoms with Gasteiger partial charge in [0.15, 0.2) is 0 Å². The Morgan fingerprint density at radius 1 is 1.38 bits per heavy atom. The van der Waals surface area contributed by atoms with Crippen LogP contribution in [0.3, 0.4) is 0 Å². The second-order valence-corrected chi connectivity index (χ2v) is 7.79. The molecule has 3 atom stereocenters. The molecule has 2 aliphatic rings. The number of ether oxygens (including phenoxy) is 1. The van der Waals surface area contributed by atoms with Gasteiger partial charge in [-0.2, -0.15) is 0 Å². The van der Waals surface area contributed by atoms with Crippen LogP contribution in [-0.2, 0) is 11.3 Å². The monoisotopic (exact) mass is 291 g/mol. The maximum atomic E-state index is 5.65. The third-order valence-corrected chi connectivity index (χ3v) is 5.91. The molecule has 0 radical (unpaired) electrons. The summed E-state index contributed by atoms with van der Waals surface area (Å²) in [7, 11) is 0. The van der Waals surface area contributed by atoms with Crippen LogP contribution in [0.15, 0.2) is 22.8 Å². The van der Waals surface area contributed by atoms with E-state index in [0.29, 0.717) is 23.5 Å². The molecule has 2 saturated carbocycles. The average Bonchev–Trinajstić information content (AvgIpc) is 3.10. The summed E-state index contributed by atoms with van der Waals surface area (Å²) in [6, 6.07) is 4.52. The first kappa shape index (κ1) is 15.1. The van der Waals surface area contributed by atoms with E-state index in [1.807, 2.05) is 12.1 Å². The molecule has 2 bridgehead atoms. The number of rotatable bonds is 7. The average molecular weight is 291 g/mol. The highest BCUT2D eigenvalue weighted by molar-refractivity contribution is 5.11. The van der Waals surface area contributed by atoms with Crippen LogP contribution in [0.5, 0.6) is 0 Å². The van der Waals surface area contributed by atoms with Crippen LogP contribution < -0.4 is 5.32 Å². The molecule has 1 aromatic rings. The van der Waals surface area contributed by atoms with Crippen molar-refractivity contribution in [2.24, 2.45) is 16.7 Å². The van der Waals surface area contributed by atoms with E-state index in [1.54, 1.807) is 6.26 Å². The zero-order valence-corrected chi connectivity index (χ0v) is 13.7. The van der Waals surface area contributed by atoms with Crippen molar-refractivity contribution in [3.8, 4) is 0 Å². The highest BCUT2D eigenvalue weighted by Crippen LogP contribution is 2.62. The molecule has 2 aliphatic carbocycles. The molecule has 2 fully saturated rings. The lowest BCUT2D eigenvalue weighted by Gasteiger charge is -2.43. The lowest BCUT2D eigenvalue weighted by Crippen LogP contribution is -2.50. The molecule has 0 saturated heterocycles. The van der Waals surface area contributed by atoms with Crippen molar-refractivity contribution in [3.63, 3.8) is 0 Å². The fourth-order valence-corrected chi connectivity index (χ4v) is 4.80. The first-order valence-corrected chi connectivity index (χ1v) is 8.36. The first-order chi connectivity index (χ1) is 10.0. The first-order valence-electron chi connectivity index (χ1n) is 8.36. The second kappa shape index (κ2) is 5.77. The molecule has 3 heteroatoms. The summed E-state index contributed by atoms with van der Waals surface area (Å²) in [6.45, 7) is 9.81. The molecule has 1 N–H and O–H groups in total. The van der Waals surface area contributed by atoms with Crippen molar-refractivity contribution in [1.82, 2.24) is 5.32 Å². The fraction of sp³-hybridized carbons (Fsp3) is 0.778. The number of nitrogens with one attached hydrogen (secondary N) is 1. The van der Waals surface area contributed by atoms with E-state index in [2.05, 4.69) is 26.1 Å². The normalized spacial score (nSPS) is 33.7. The second-order valence-electron chi connectivity index (χ2n) is 7.79. The van der Waals surface area contributed by atoms with Gasteiger partial charge in [-0.1, -0.05) is 20.8 Å². The van der Waals surface area contributed by atoms with E-state index in [4.69, 9.17) is 9.15 Å². The topological polar surface area (TPSA) is 34.4 Å². The van der Waals surface area contributed by atoms with Crippen molar-refractivity contribution < 1.29 is 9.15 Å². The molecule has 1 unspecified atom stereocenters. The largest absolute Gasteiger partial charge is 0.467 e. The van der Waals surface area contributed by atoms with Gasteiger partial charge in [-0.3, -0.25) is 0 Å². The molecule has 21 heavy (non-hydrogen) atoms. The van der Waals surface area contributed by atoms with Gasteiger partial charge in [0.25, 0.3) is 0 Å². The Labute approximate surface area is 128 Å². The number of fused-ring (bicyclic) bond motifs is 2. The zero-order chi connectivity index (χ0) is 14.9. The summed E-state index contributed by atoms with van der Waals surface area (Å²) in [6.07, 6.45) is 6.99. The minimum absolute atomic E-state index is 0.446. The van der Waals surface area contributed by atoms with Crippen LogP contribution in [0.2, 0.25) is 0 Å². The molecule has 1 aromatic heterocycles. The van der Waals surface area contributed by atoms with Gasteiger partial charge < -0.3 is 14.5 Å². The summed E-state index contributed by atoms with van der Waals surface area (Å²) >= 11 is 0. The van der Waals surface area contributed by atoms with Crippen LogP contribution in [-0.4, -0.2) is 19.2 Å². The maximum Gasteiger partial charge on any atom is 0.129 e. The Kier molecular flexibility index (Phi) is 4.15. The molecule has 3 rings (SSSR count). The third kappa shape index (κ3) is 2.91. The Morgan fingerprint density at radius 3 is 2.90 bits per heavy atom. The van der Waals surface area contributed by atoms with E-state index in [9.17, 15) is 0 Å². The fourth-order valence-electron chi connectivity index (χ4n) is 4.80. The number of furan rings is 1. The molecule has 0 amide bonds. The highest BCUT2D eigenvalue weighted by Gasteiger charge is 2.58. The van der Waals surface area contributed by atoms with Crippen LogP contribution in [0.1, 0.15) is 52.2 Å². The Bertz CT molecular complexity index is 449. The van der Waals surface area contributed by atoms with E-state index < -0.39 is 0 Å².